The lowest BCUT2D eigenvalue weighted by atomic mass is 10.2. The van der Waals surface area contributed by atoms with Crippen LogP contribution in [0.15, 0.2) is 24.3 Å². The van der Waals surface area contributed by atoms with Crippen molar-refractivity contribution < 1.29 is 9.59 Å². The second kappa shape index (κ2) is 7.51. The van der Waals surface area contributed by atoms with Crippen molar-refractivity contribution in [1.29, 1.82) is 0 Å². The van der Waals surface area contributed by atoms with Crippen molar-refractivity contribution in [2.75, 3.05) is 10.6 Å². The van der Waals surface area contributed by atoms with E-state index in [9.17, 15) is 9.59 Å². The molecule has 126 valence electrons. The van der Waals surface area contributed by atoms with Gasteiger partial charge in [-0.1, -0.05) is 23.2 Å². The molecule has 0 saturated heterocycles. The molecule has 0 atom stereocenters. The standard InChI is InChI=1S/C16H16Cl2N4O2/c1-9-12(16(18)22(3)21-9)5-7-15(24)20-14-8-11(17)4-6-13(14)19-10(2)23/h4-8H,1-3H3,(H,19,23)(H,20,24)/b7-5+. The minimum atomic E-state index is -0.386. The molecule has 1 heterocycles. The summed E-state index contributed by atoms with van der Waals surface area (Å²) in [5, 5.41) is 10.4. The highest BCUT2D eigenvalue weighted by Crippen LogP contribution is 2.26. The van der Waals surface area contributed by atoms with E-state index in [0.29, 0.717) is 32.8 Å². The molecule has 8 heteroatoms. The fourth-order valence-electron chi connectivity index (χ4n) is 2.09. The maximum absolute atomic E-state index is 12.1. The van der Waals surface area contributed by atoms with Crippen LogP contribution in [0.25, 0.3) is 6.08 Å². The molecule has 0 aliphatic carbocycles. The first-order valence-electron chi connectivity index (χ1n) is 7.03. The SMILES string of the molecule is CC(=O)Nc1ccc(Cl)cc1NC(=O)/C=C/c1c(C)nn(C)c1Cl. The predicted octanol–water partition coefficient (Wildman–Crippen LogP) is 3.65. The normalized spacial score (nSPS) is 10.9. The number of hydrogen-bond acceptors (Lipinski definition) is 3. The lowest BCUT2D eigenvalue weighted by molar-refractivity contribution is -0.114. The maximum Gasteiger partial charge on any atom is 0.248 e. The van der Waals surface area contributed by atoms with Crippen molar-refractivity contribution in [2.24, 2.45) is 7.05 Å². The van der Waals surface area contributed by atoms with E-state index < -0.39 is 0 Å². The molecule has 0 spiro atoms. The number of aryl methyl sites for hydroxylation is 2. The molecule has 2 rings (SSSR count). The second-order valence-electron chi connectivity index (χ2n) is 5.11. The Bertz CT molecular complexity index is 828. The van der Waals surface area contributed by atoms with Crippen LogP contribution in [0.1, 0.15) is 18.2 Å². The van der Waals surface area contributed by atoms with Crippen molar-refractivity contribution in [3.8, 4) is 0 Å². The Morgan fingerprint density at radius 2 is 1.92 bits per heavy atom. The fraction of sp³-hybridized carbons (Fsp3) is 0.188. The van der Waals surface area contributed by atoms with E-state index in [1.807, 2.05) is 0 Å². The average molecular weight is 367 g/mol. The van der Waals surface area contributed by atoms with Gasteiger partial charge in [-0.25, -0.2) is 0 Å². The number of halogens is 2. The van der Waals surface area contributed by atoms with Gasteiger partial charge in [0, 0.05) is 30.6 Å². The Labute approximate surface area is 149 Å². The lowest BCUT2D eigenvalue weighted by Gasteiger charge is -2.10. The zero-order valence-corrected chi connectivity index (χ0v) is 14.9. The van der Waals surface area contributed by atoms with Gasteiger partial charge in [0.2, 0.25) is 11.8 Å². The van der Waals surface area contributed by atoms with E-state index in [2.05, 4.69) is 15.7 Å². The number of carbonyl (C=O) groups excluding carboxylic acids is 2. The van der Waals surface area contributed by atoms with Gasteiger partial charge in [-0.2, -0.15) is 5.10 Å². The van der Waals surface area contributed by atoms with Crippen LogP contribution < -0.4 is 10.6 Å². The van der Waals surface area contributed by atoms with Gasteiger partial charge in [0.15, 0.2) is 0 Å². The Balaban J connectivity index is 2.19. The average Bonchev–Trinajstić information content (AvgIpc) is 2.72. The number of carbonyl (C=O) groups is 2. The molecule has 1 aromatic carbocycles. The largest absolute Gasteiger partial charge is 0.325 e. The van der Waals surface area contributed by atoms with Gasteiger partial charge in [0.1, 0.15) is 5.15 Å². The molecule has 0 fully saturated rings. The van der Waals surface area contributed by atoms with Crippen molar-refractivity contribution in [3.63, 3.8) is 0 Å². The zero-order chi connectivity index (χ0) is 17.9. The quantitative estimate of drug-likeness (QED) is 0.810. The summed E-state index contributed by atoms with van der Waals surface area (Å²) in [7, 11) is 1.72. The smallest absolute Gasteiger partial charge is 0.248 e. The Morgan fingerprint density at radius 3 is 2.50 bits per heavy atom. The van der Waals surface area contributed by atoms with Crippen LogP contribution in [0.4, 0.5) is 11.4 Å². The number of nitrogens with zero attached hydrogens (tertiary/aromatic N) is 2. The van der Waals surface area contributed by atoms with Crippen molar-refractivity contribution in [1.82, 2.24) is 9.78 Å². The van der Waals surface area contributed by atoms with E-state index in [1.54, 1.807) is 38.2 Å². The third-order valence-corrected chi connectivity index (χ3v) is 3.83. The van der Waals surface area contributed by atoms with E-state index in [1.165, 1.54) is 17.7 Å². The lowest BCUT2D eigenvalue weighted by Crippen LogP contribution is -2.13. The molecule has 0 bridgehead atoms. The summed E-state index contributed by atoms with van der Waals surface area (Å²) in [6.07, 6.45) is 2.93. The summed E-state index contributed by atoms with van der Waals surface area (Å²) in [6, 6.07) is 4.79. The molecular formula is C16H16Cl2N4O2. The summed E-state index contributed by atoms with van der Waals surface area (Å²) in [4.78, 5) is 23.4. The second-order valence-corrected chi connectivity index (χ2v) is 5.90. The molecular weight excluding hydrogens is 351 g/mol. The van der Waals surface area contributed by atoms with Crippen LogP contribution in [0.5, 0.6) is 0 Å². The highest BCUT2D eigenvalue weighted by molar-refractivity contribution is 6.31. The van der Waals surface area contributed by atoms with Crippen LogP contribution in [-0.4, -0.2) is 21.6 Å². The van der Waals surface area contributed by atoms with E-state index >= 15 is 0 Å². The van der Waals surface area contributed by atoms with Crippen molar-refractivity contribution >= 4 is 52.5 Å². The Kier molecular flexibility index (Phi) is 5.64. The number of nitrogens with one attached hydrogen (secondary N) is 2. The molecule has 0 aliphatic heterocycles. The molecule has 24 heavy (non-hydrogen) atoms. The summed E-state index contributed by atoms with van der Waals surface area (Å²) in [5.41, 5.74) is 2.25. The number of benzene rings is 1. The minimum absolute atomic E-state index is 0.249. The highest BCUT2D eigenvalue weighted by atomic mass is 35.5. The Morgan fingerprint density at radius 1 is 1.21 bits per heavy atom. The molecule has 6 nitrogen and oxygen atoms in total. The van der Waals surface area contributed by atoms with E-state index in [4.69, 9.17) is 23.2 Å². The summed E-state index contributed by atoms with van der Waals surface area (Å²) < 4.78 is 1.53. The molecule has 1 aromatic heterocycles. The summed E-state index contributed by atoms with van der Waals surface area (Å²) >= 11 is 12.1. The van der Waals surface area contributed by atoms with Crippen LogP contribution in [0, 0.1) is 6.92 Å². The van der Waals surface area contributed by atoms with Gasteiger partial charge < -0.3 is 10.6 Å². The molecule has 2 aromatic rings. The molecule has 0 aliphatic rings. The van der Waals surface area contributed by atoms with Gasteiger partial charge >= 0.3 is 0 Å². The van der Waals surface area contributed by atoms with Crippen LogP contribution in [0.2, 0.25) is 10.2 Å². The van der Waals surface area contributed by atoms with Gasteiger partial charge in [-0.05, 0) is 31.2 Å². The van der Waals surface area contributed by atoms with Crippen LogP contribution in [-0.2, 0) is 16.6 Å². The number of anilines is 2. The number of hydrogen-bond donors (Lipinski definition) is 2. The third-order valence-electron chi connectivity index (χ3n) is 3.15. The minimum Gasteiger partial charge on any atom is -0.325 e. The maximum atomic E-state index is 12.1. The molecule has 0 saturated carbocycles. The van der Waals surface area contributed by atoms with Crippen molar-refractivity contribution in [2.45, 2.75) is 13.8 Å². The zero-order valence-electron chi connectivity index (χ0n) is 13.4. The van der Waals surface area contributed by atoms with Gasteiger partial charge in [0.05, 0.1) is 17.1 Å². The van der Waals surface area contributed by atoms with E-state index in [0.717, 1.165) is 0 Å². The Hall–Kier alpha value is -2.31. The van der Waals surface area contributed by atoms with Crippen molar-refractivity contribution in [3.05, 3.63) is 45.7 Å². The van der Waals surface area contributed by atoms with Gasteiger partial charge in [-0.3, -0.25) is 14.3 Å². The molecule has 0 radical (unpaired) electrons. The first-order chi connectivity index (χ1) is 11.3. The van der Waals surface area contributed by atoms with Gasteiger partial charge in [0.25, 0.3) is 0 Å². The monoisotopic (exact) mass is 366 g/mol. The fourth-order valence-corrected chi connectivity index (χ4v) is 2.50. The third kappa shape index (κ3) is 4.37. The number of amides is 2. The topological polar surface area (TPSA) is 76.0 Å². The van der Waals surface area contributed by atoms with Crippen LogP contribution in [0.3, 0.4) is 0 Å². The summed E-state index contributed by atoms with van der Waals surface area (Å²) in [6.45, 7) is 3.18. The molecule has 2 N–H and O–H groups in total. The first kappa shape index (κ1) is 18.0. The first-order valence-corrected chi connectivity index (χ1v) is 7.79. The molecule has 0 unspecified atom stereocenters. The van der Waals surface area contributed by atoms with E-state index in [-0.39, 0.29) is 11.8 Å². The summed E-state index contributed by atoms with van der Waals surface area (Å²) in [5.74, 6) is -0.635. The predicted molar refractivity (Wildman–Crippen MR) is 96.4 cm³/mol. The molecule has 2 amide bonds. The van der Waals surface area contributed by atoms with Gasteiger partial charge in [-0.15, -0.1) is 0 Å². The number of rotatable bonds is 4. The number of aromatic nitrogens is 2. The highest BCUT2D eigenvalue weighted by Gasteiger charge is 2.10. The van der Waals surface area contributed by atoms with Crippen LogP contribution >= 0.6 is 23.2 Å².